The molecule has 2 aromatic rings. The molecule has 0 saturated heterocycles. The second-order valence-corrected chi connectivity index (χ2v) is 6.55. The summed E-state index contributed by atoms with van der Waals surface area (Å²) in [5.74, 6) is -1.08. The Balaban J connectivity index is 1.91. The van der Waals surface area contributed by atoms with Crippen LogP contribution in [0.3, 0.4) is 0 Å². The number of aromatic hydroxyl groups is 1. The summed E-state index contributed by atoms with van der Waals surface area (Å²) in [5, 5.41) is 16.7. The number of benzene rings is 2. The van der Waals surface area contributed by atoms with Crippen molar-refractivity contribution in [3.8, 4) is 5.75 Å². The van der Waals surface area contributed by atoms with Gasteiger partial charge in [0, 0.05) is 36.2 Å². The lowest BCUT2D eigenvalue weighted by Gasteiger charge is -2.13. The molecule has 142 valence electrons. The predicted octanol–water partition coefficient (Wildman–Crippen LogP) is 3.25. The molecule has 0 bridgehead atoms. The second kappa shape index (κ2) is 9.05. The Kier molecular flexibility index (Phi) is 6.79. The highest BCUT2D eigenvalue weighted by atomic mass is 35.5. The zero-order valence-electron chi connectivity index (χ0n) is 15.3. The first-order chi connectivity index (χ1) is 12.8. The van der Waals surface area contributed by atoms with E-state index in [4.69, 9.17) is 11.6 Å². The van der Waals surface area contributed by atoms with Gasteiger partial charge in [0.05, 0.1) is 12.0 Å². The first kappa shape index (κ1) is 20.3. The van der Waals surface area contributed by atoms with E-state index in [1.807, 2.05) is 43.3 Å². The Labute approximate surface area is 162 Å². The number of carbonyl (C=O) groups excluding carboxylic acids is 2. The molecule has 0 radical (unpaired) electrons. The van der Waals surface area contributed by atoms with Crippen LogP contribution in [0.25, 0.3) is 0 Å². The van der Waals surface area contributed by atoms with Gasteiger partial charge in [0.25, 0.3) is 5.91 Å². The van der Waals surface area contributed by atoms with Crippen molar-refractivity contribution in [1.29, 1.82) is 0 Å². The SMILES string of the molecule is C/C(CC(=O)Nc1ccc(N(C)C)cc1)=N/NC(=O)c1cc(Cl)ccc1O. The number of carbonyl (C=O) groups is 2. The first-order valence-electron chi connectivity index (χ1n) is 8.15. The standard InChI is InChI=1S/C19H21ClN4O3/c1-12(22-23-19(27)16-11-13(20)4-9-17(16)25)10-18(26)21-14-5-7-15(8-6-14)24(2)3/h4-9,11,25H,10H2,1-3H3,(H,21,26)(H,23,27)/b22-12-. The van der Waals surface area contributed by atoms with Crippen molar-refractivity contribution < 1.29 is 14.7 Å². The van der Waals surface area contributed by atoms with E-state index < -0.39 is 5.91 Å². The van der Waals surface area contributed by atoms with Crippen LogP contribution in [0.2, 0.25) is 5.02 Å². The summed E-state index contributed by atoms with van der Waals surface area (Å²) in [4.78, 5) is 26.1. The van der Waals surface area contributed by atoms with Crippen molar-refractivity contribution in [2.45, 2.75) is 13.3 Å². The van der Waals surface area contributed by atoms with Gasteiger partial charge in [-0.25, -0.2) is 5.43 Å². The number of anilines is 2. The van der Waals surface area contributed by atoms with Gasteiger partial charge >= 0.3 is 0 Å². The van der Waals surface area contributed by atoms with Crippen molar-refractivity contribution in [1.82, 2.24) is 5.43 Å². The topological polar surface area (TPSA) is 94.0 Å². The molecule has 0 aliphatic heterocycles. The summed E-state index contributed by atoms with van der Waals surface area (Å²) in [6, 6.07) is 11.5. The third-order valence-corrected chi connectivity index (χ3v) is 3.87. The van der Waals surface area contributed by atoms with Crippen molar-refractivity contribution in [2.24, 2.45) is 5.10 Å². The van der Waals surface area contributed by atoms with Crippen LogP contribution in [-0.4, -0.2) is 36.7 Å². The average molecular weight is 389 g/mol. The molecular formula is C19H21ClN4O3. The van der Waals surface area contributed by atoms with Crippen LogP contribution < -0.4 is 15.6 Å². The molecule has 8 heteroatoms. The van der Waals surface area contributed by atoms with E-state index in [0.717, 1.165) is 5.69 Å². The van der Waals surface area contributed by atoms with Gasteiger partial charge in [-0.2, -0.15) is 5.10 Å². The fraction of sp³-hybridized carbons (Fsp3) is 0.211. The quantitative estimate of drug-likeness (QED) is 0.523. The van der Waals surface area contributed by atoms with E-state index in [1.54, 1.807) is 6.92 Å². The van der Waals surface area contributed by atoms with E-state index >= 15 is 0 Å². The Morgan fingerprint density at radius 2 is 1.81 bits per heavy atom. The molecule has 2 amide bonds. The lowest BCUT2D eigenvalue weighted by molar-refractivity contribution is -0.115. The third kappa shape index (κ3) is 6.00. The van der Waals surface area contributed by atoms with Gasteiger partial charge in [-0.3, -0.25) is 9.59 Å². The summed E-state index contributed by atoms with van der Waals surface area (Å²) in [6.45, 7) is 1.62. The van der Waals surface area contributed by atoms with Crippen LogP contribution in [0.4, 0.5) is 11.4 Å². The molecule has 2 rings (SSSR count). The Morgan fingerprint density at radius 3 is 2.44 bits per heavy atom. The normalized spacial score (nSPS) is 11.0. The zero-order chi connectivity index (χ0) is 20.0. The third-order valence-electron chi connectivity index (χ3n) is 3.64. The number of rotatable bonds is 6. The van der Waals surface area contributed by atoms with Crippen LogP contribution in [0.1, 0.15) is 23.7 Å². The summed E-state index contributed by atoms with van der Waals surface area (Å²) in [5.41, 5.74) is 4.41. The maximum absolute atomic E-state index is 12.1. The number of halogens is 1. The minimum atomic E-state index is -0.617. The minimum absolute atomic E-state index is 0.00415. The number of nitrogens with zero attached hydrogens (tertiary/aromatic N) is 2. The largest absolute Gasteiger partial charge is 0.507 e. The molecule has 0 fully saturated rings. The van der Waals surface area contributed by atoms with E-state index in [0.29, 0.717) is 16.4 Å². The molecule has 0 saturated carbocycles. The Bertz CT molecular complexity index is 864. The maximum Gasteiger partial charge on any atom is 0.275 e. The molecule has 0 heterocycles. The van der Waals surface area contributed by atoms with Gasteiger partial charge in [0.15, 0.2) is 0 Å². The summed E-state index contributed by atoms with van der Waals surface area (Å²) in [6.07, 6.45) is 0.0112. The molecule has 0 aromatic heterocycles. The van der Waals surface area contributed by atoms with Gasteiger partial charge in [-0.1, -0.05) is 11.6 Å². The number of phenols is 1. The monoisotopic (exact) mass is 388 g/mol. The van der Waals surface area contributed by atoms with Crippen LogP contribution in [0.5, 0.6) is 5.75 Å². The molecule has 0 aliphatic rings. The number of amides is 2. The minimum Gasteiger partial charge on any atom is -0.507 e. The number of nitrogens with one attached hydrogen (secondary N) is 2. The van der Waals surface area contributed by atoms with Gasteiger partial charge in [0.2, 0.25) is 5.91 Å². The lowest BCUT2D eigenvalue weighted by atomic mass is 10.2. The maximum atomic E-state index is 12.1. The average Bonchev–Trinajstić information content (AvgIpc) is 2.62. The van der Waals surface area contributed by atoms with Gasteiger partial charge in [0.1, 0.15) is 5.75 Å². The van der Waals surface area contributed by atoms with E-state index in [1.165, 1.54) is 18.2 Å². The molecule has 0 unspecified atom stereocenters. The van der Waals surface area contributed by atoms with Crippen molar-refractivity contribution in [2.75, 3.05) is 24.3 Å². The highest BCUT2D eigenvalue weighted by molar-refractivity contribution is 6.31. The number of hydrogen-bond acceptors (Lipinski definition) is 5. The van der Waals surface area contributed by atoms with Crippen molar-refractivity contribution in [3.05, 3.63) is 53.1 Å². The second-order valence-electron chi connectivity index (χ2n) is 6.12. The highest BCUT2D eigenvalue weighted by Gasteiger charge is 2.12. The van der Waals surface area contributed by atoms with Gasteiger partial charge in [-0.05, 0) is 49.4 Å². The zero-order valence-corrected chi connectivity index (χ0v) is 16.0. The Morgan fingerprint density at radius 1 is 1.15 bits per heavy atom. The number of hydrazone groups is 1. The predicted molar refractivity (Wildman–Crippen MR) is 108 cm³/mol. The van der Waals surface area contributed by atoms with Crippen LogP contribution in [0, 0.1) is 0 Å². The van der Waals surface area contributed by atoms with Crippen LogP contribution >= 0.6 is 11.6 Å². The summed E-state index contributed by atoms with van der Waals surface area (Å²) in [7, 11) is 3.87. The molecule has 3 N–H and O–H groups in total. The smallest absolute Gasteiger partial charge is 0.275 e. The van der Waals surface area contributed by atoms with Gasteiger partial charge < -0.3 is 15.3 Å². The summed E-state index contributed by atoms with van der Waals surface area (Å²) < 4.78 is 0. The number of hydrogen-bond donors (Lipinski definition) is 3. The molecule has 2 aromatic carbocycles. The molecule has 0 spiro atoms. The van der Waals surface area contributed by atoms with E-state index in [-0.39, 0.29) is 23.6 Å². The molecule has 7 nitrogen and oxygen atoms in total. The van der Waals surface area contributed by atoms with Crippen LogP contribution in [-0.2, 0) is 4.79 Å². The molecule has 0 aliphatic carbocycles. The fourth-order valence-corrected chi connectivity index (χ4v) is 2.39. The lowest BCUT2D eigenvalue weighted by Crippen LogP contribution is -2.21. The molecule has 0 atom stereocenters. The highest BCUT2D eigenvalue weighted by Crippen LogP contribution is 2.21. The molecule has 27 heavy (non-hydrogen) atoms. The van der Waals surface area contributed by atoms with Crippen LogP contribution in [0.15, 0.2) is 47.6 Å². The molecular weight excluding hydrogens is 368 g/mol. The number of phenolic OH excluding ortho intramolecular Hbond substituents is 1. The van der Waals surface area contributed by atoms with Crippen molar-refractivity contribution in [3.63, 3.8) is 0 Å². The van der Waals surface area contributed by atoms with E-state index in [2.05, 4.69) is 15.8 Å². The summed E-state index contributed by atoms with van der Waals surface area (Å²) >= 11 is 5.81. The Hall–Kier alpha value is -3.06. The van der Waals surface area contributed by atoms with Crippen molar-refractivity contribution >= 4 is 40.5 Å². The first-order valence-corrected chi connectivity index (χ1v) is 8.53. The van der Waals surface area contributed by atoms with E-state index in [9.17, 15) is 14.7 Å². The van der Waals surface area contributed by atoms with Gasteiger partial charge in [-0.15, -0.1) is 0 Å². The fourth-order valence-electron chi connectivity index (χ4n) is 2.22.